The van der Waals surface area contributed by atoms with E-state index in [0.29, 0.717) is 22.9 Å². The Hall–Kier alpha value is -2.72. The van der Waals surface area contributed by atoms with Crippen molar-refractivity contribution in [2.45, 2.75) is 37.7 Å². The number of aromatic nitrogens is 6. The molecule has 150 valence electrons. The number of nitrogens with one attached hydrogen (secondary N) is 1. The number of ether oxygens (including phenoxy) is 1. The highest BCUT2D eigenvalue weighted by Gasteiger charge is 2.19. The van der Waals surface area contributed by atoms with Crippen molar-refractivity contribution in [2.24, 2.45) is 0 Å². The third kappa shape index (κ3) is 3.90. The van der Waals surface area contributed by atoms with Crippen LogP contribution in [0.4, 0.5) is 0 Å². The summed E-state index contributed by atoms with van der Waals surface area (Å²) in [5.74, 6) is 1.42. The van der Waals surface area contributed by atoms with Crippen molar-refractivity contribution in [3.8, 4) is 5.75 Å². The Morgan fingerprint density at radius 1 is 1.28 bits per heavy atom. The number of methoxy groups -OCH3 is 1. The molecule has 0 aliphatic heterocycles. The molecule has 3 aromatic heterocycles. The number of H-pyrrole nitrogens is 1. The fourth-order valence-electron chi connectivity index (χ4n) is 2.96. The standard InChI is InChI=1S/C19H20N6O2S2/c1-10-11(2)28-18-15(10)17(26)20-16(21-18)12(3)29-19-22-23-24-25(19)9-13-5-7-14(27-4)8-6-13/h5-8,12H,9H2,1-4H3,(H,20,21,26)/t12-/m1/s1. The van der Waals surface area contributed by atoms with Gasteiger partial charge < -0.3 is 9.72 Å². The zero-order chi connectivity index (χ0) is 20.5. The predicted octanol–water partition coefficient (Wildman–Crippen LogP) is 3.50. The van der Waals surface area contributed by atoms with Crippen LogP contribution in [-0.2, 0) is 6.54 Å². The molecule has 8 nitrogen and oxygen atoms in total. The lowest BCUT2D eigenvalue weighted by Gasteiger charge is -2.10. The van der Waals surface area contributed by atoms with Gasteiger partial charge in [-0.25, -0.2) is 9.67 Å². The summed E-state index contributed by atoms with van der Waals surface area (Å²) in [6.07, 6.45) is 0. The average molecular weight is 429 g/mol. The van der Waals surface area contributed by atoms with Gasteiger partial charge in [0.1, 0.15) is 16.4 Å². The minimum Gasteiger partial charge on any atom is -0.497 e. The van der Waals surface area contributed by atoms with Gasteiger partial charge in [0.05, 0.1) is 24.3 Å². The fourth-order valence-corrected chi connectivity index (χ4v) is 4.84. The van der Waals surface area contributed by atoms with Crippen LogP contribution in [0.2, 0.25) is 0 Å². The van der Waals surface area contributed by atoms with Crippen LogP contribution >= 0.6 is 23.1 Å². The van der Waals surface area contributed by atoms with Crippen molar-refractivity contribution in [1.29, 1.82) is 0 Å². The van der Waals surface area contributed by atoms with E-state index in [9.17, 15) is 4.79 Å². The molecule has 1 atom stereocenters. The van der Waals surface area contributed by atoms with Crippen LogP contribution in [0.3, 0.4) is 0 Å². The van der Waals surface area contributed by atoms with Gasteiger partial charge in [0.15, 0.2) is 0 Å². The van der Waals surface area contributed by atoms with Crippen molar-refractivity contribution in [2.75, 3.05) is 7.11 Å². The normalized spacial score (nSPS) is 12.4. The quantitative estimate of drug-likeness (QED) is 0.469. The molecule has 1 aromatic carbocycles. The number of thioether (sulfide) groups is 1. The van der Waals surface area contributed by atoms with Gasteiger partial charge in [-0.1, -0.05) is 23.9 Å². The predicted molar refractivity (Wildman–Crippen MR) is 114 cm³/mol. The van der Waals surface area contributed by atoms with Crippen molar-refractivity contribution in [1.82, 2.24) is 30.2 Å². The first-order chi connectivity index (χ1) is 14.0. The highest BCUT2D eigenvalue weighted by molar-refractivity contribution is 7.99. The van der Waals surface area contributed by atoms with Gasteiger partial charge in [-0.2, -0.15) is 0 Å². The molecule has 0 radical (unpaired) electrons. The molecule has 0 fully saturated rings. The molecule has 1 N–H and O–H groups in total. The van der Waals surface area contributed by atoms with Gasteiger partial charge in [-0.15, -0.1) is 16.4 Å². The Labute approximate surface area is 175 Å². The van der Waals surface area contributed by atoms with Crippen molar-refractivity contribution >= 4 is 33.3 Å². The monoisotopic (exact) mass is 428 g/mol. The highest BCUT2D eigenvalue weighted by atomic mass is 32.2. The second-order valence-corrected chi connectivity index (χ2v) is 9.15. The van der Waals surface area contributed by atoms with E-state index in [4.69, 9.17) is 4.74 Å². The average Bonchev–Trinajstić information content (AvgIpc) is 3.26. The van der Waals surface area contributed by atoms with Crippen LogP contribution in [0.5, 0.6) is 5.75 Å². The molecule has 0 bridgehead atoms. The summed E-state index contributed by atoms with van der Waals surface area (Å²) in [4.78, 5) is 22.0. The van der Waals surface area contributed by atoms with Gasteiger partial charge in [0, 0.05) is 4.88 Å². The summed E-state index contributed by atoms with van der Waals surface area (Å²) in [5, 5.41) is 13.3. The first-order valence-corrected chi connectivity index (χ1v) is 10.7. The van der Waals surface area contributed by atoms with Crippen LogP contribution in [0.15, 0.2) is 34.2 Å². The number of rotatable bonds is 6. The molecule has 29 heavy (non-hydrogen) atoms. The maximum atomic E-state index is 12.5. The molecule has 3 heterocycles. The van der Waals surface area contributed by atoms with E-state index < -0.39 is 0 Å². The third-order valence-corrected chi connectivity index (χ3v) is 6.90. The van der Waals surface area contributed by atoms with E-state index in [1.54, 1.807) is 23.1 Å². The number of benzene rings is 1. The maximum Gasteiger partial charge on any atom is 0.259 e. The summed E-state index contributed by atoms with van der Waals surface area (Å²) in [6, 6.07) is 7.77. The van der Waals surface area contributed by atoms with Crippen LogP contribution < -0.4 is 10.3 Å². The molecular formula is C19H20N6O2S2. The maximum absolute atomic E-state index is 12.5. The highest BCUT2D eigenvalue weighted by Crippen LogP contribution is 2.33. The topological polar surface area (TPSA) is 98.6 Å². The van der Waals surface area contributed by atoms with E-state index in [-0.39, 0.29) is 10.8 Å². The van der Waals surface area contributed by atoms with E-state index in [1.165, 1.54) is 11.8 Å². The van der Waals surface area contributed by atoms with E-state index in [0.717, 1.165) is 26.6 Å². The Balaban J connectivity index is 1.56. The van der Waals surface area contributed by atoms with Crippen molar-refractivity contribution in [3.63, 3.8) is 0 Å². The van der Waals surface area contributed by atoms with Gasteiger partial charge >= 0.3 is 0 Å². The van der Waals surface area contributed by atoms with Gasteiger partial charge in [-0.3, -0.25) is 4.79 Å². The zero-order valence-electron chi connectivity index (χ0n) is 16.5. The minimum atomic E-state index is -0.115. The Kier molecular flexibility index (Phi) is 5.37. The van der Waals surface area contributed by atoms with E-state index in [1.807, 2.05) is 45.0 Å². The summed E-state index contributed by atoms with van der Waals surface area (Å²) in [6.45, 7) is 6.48. The Morgan fingerprint density at radius 2 is 2.03 bits per heavy atom. The lowest BCUT2D eigenvalue weighted by Crippen LogP contribution is -2.13. The number of hydrogen-bond acceptors (Lipinski definition) is 8. The number of hydrogen-bond donors (Lipinski definition) is 1. The smallest absolute Gasteiger partial charge is 0.259 e. The molecule has 0 spiro atoms. The summed E-state index contributed by atoms with van der Waals surface area (Å²) in [7, 11) is 1.64. The lowest BCUT2D eigenvalue weighted by atomic mass is 10.2. The lowest BCUT2D eigenvalue weighted by molar-refractivity contribution is 0.414. The number of nitrogens with zero attached hydrogens (tertiary/aromatic N) is 5. The Morgan fingerprint density at radius 3 is 2.76 bits per heavy atom. The summed E-state index contributed by atoms with van der Waals surface area (Å²) in [5.41, 5.74) is 1.95. The van der Waals surface area contributed by atoms with Crippen molar-refractivity contribution in [3.05, 3.63) is 56.4 Å². The number of tetrazole rings is 1. The van der Waals surface area contributed by atoms with Gasteiger partial charge in [0.2, 0.25) is 5.16 Å². The summed E-state index contributed by atoms with van der Waals surface area (Å²) >= 11 is 3.00. The van der Waals surface area contributed by atoms with Gasteiger partial charge in [-0.05, 0) is 54.5 Å². The number of aryl methyl sites for hydroxylation is 2. The van der Waals surface area contributed by atoms with Gasteiger partial charge in [0.25, 0.3) is 5.56 Å². The molecule has 4 rings (SSSR count). The van der Waals surface area contributed by atoms with Crippen molar-refractivity contribution < 1.29 is 4.74 Å². The SMILES string of the molecule is COc1ccc(Cn2nnnc2S[C@H](C)c2nc3sc(C)c(C)c3c(=O)[nH]2)cc1. The van der Waals surface area contributed by atoms with Crippen LogP contribution in [0, 0.1) is 13.8 Å². The zero-order valence-corrected chi connectivity index (χ0v) is 18.1. The number of fused-ring (bicyclic) bond motifs is 1. The molecule has 0 aliphatic rings. The first-order valence-electron chi connectivity index (χ1n) is 9.02. The molecule has 4 aromatic rings. The second-order valence-electron chi connectivity index (χ2n) is 6.64. The van der Waals surface area contributed by atoms with Crippen LogP contribution in [0.1, 0.15) is 34.0 Å². The number of thiophene rings is 1. The fraction of sp³-hybridized carbons (Fsp3) is 0.316. The largest absolute Gasteiger partial charge is 0.497 e. The molecule has 0 saturated heterocycles. The molecule has 0 saturated carbocycles. The third-order valence-electron chi connectivity index (χ3n) is 4.72. The second kappa shape index (κ2) is 7.96. The van der Waals surface area contributed by atoms with Crippen LogP contribution in [-0.4, -0.2) is 37.3 Å². The van der Waals surface area contributed by atoms with Crippen LogP contribution in [0.25, 0.3) is 10.2 Å². The number of aromatic amines is 1. The summed E-state index contributed by atoms with van der Waals surface area (Å²) < 4.78 is 6.93. The first kappa shape index (κ1) is 19.6. The molecule has 0 aliphatic carbocycles. The van der Waals surface area contributed by atoms with E-state index in [2.05, 4.69) is 25.5 Å². The molecular weight excluding hydrogens is 408 g/mol. The molecule has 0 amide bonds. The Bertz CT molecular complexity index is 1210. The van der Waals surface area contributed by atoms with E-state index >= 15 is 0 Å². The molecule has 0 unspecified atom stereocenters. The molecule has 10 heteroatoms. The minimum absolute atomic E-state index is 0.0999.